The van der Waals surface area contributed by atoms with Gasteiger partial charge in [-0.1, -0.05) is 44.2 Å². The van der Waals surface area contributed by atoms with Crippen molar-refractivity contribution < 1.29 is 4.74 Å². The predicted molar refractivity (Wildman–Crippen MR) is 83.3 cm³/mol. The molecule has 1 unspecified atom stereocenters. The SMILES string of the molecule is CC(NCCC1CCCCC1)c1ccc2c(c1)CCO2. The first-order valence-electron chi connectivity index (χ1n) is 8.32. The Morgan fingerprint density at radius 1 is 1.25 bits per heavy atom. The van der Waals surface area contributed by atoms with Gasteiger partial charge in [0.15, 0.2) is 0 Å². The molecular weight excluding hydrogens is 246 g/mol. The van der Waals surface area contributed by atoms with Crippen molar-refractivity contribution in [1.82, 2.24) is 5.32 Å². The van der Waals surface area contributed by atoms with E-state index in [0.29, 0.717) is 6.04 Å². The molecule has 1 fully saturated rings. The maximum absolute atomic E-state index is 5.57. The minimum Gasteiger partial charge on any atom is -0.493 e. The first-order valence-corrected chi connectivity index (χ1v) is 8.32. The van der Waals surface area contributed by atoms with Gasteiger partial charge in [0.2, 0.25) is 0 Å². The minimum atomic E-state index is 0.449. The Morgan fingerprint density at radius 2 is 2.10 bits per heavy atom. The molecule has 1 aromatic carbocycles. The number of benzene rings is 1. The van der Waals surface area contributed by atoms with Crippen molar-refractivity contribution in [1.29, 1.82) is 0 Å². The third-order valence-electron chi connectivity index (χ3n) is 4.94. The maximum atomic E-state index is 5.57. The van der Waals surface area contributed by atoms with E-state index in [1.54, 1.807) is 0 Å². The van der Waals surface area contributed by atoms with Gasteiger partial charge in [-0.25, -0.2) is 0 Å². The van der Waals surface area contributed by atoms with Crippen LogP contribution >= 0.6 is 0 Å². The molecule has 20 heavy (non-hydrogen) atoms. The van der Waals surface area contributed by atoms with Crippen LogP contribution in [0.2, 0.25) is 0 Å². The van der Waals surface area contributed by atoms with Gasteiger partial charge in [-0.2, -0.15) is 0 Å². The van der Waals surface area contributed by atoms with Crippen LogP contribution in [0.4, 0.5) is 0 Å². The van der Waals surface area contributed by atoms with Crippen molar-refractivity contribution in [3.05, 3.63) is 29.3 Å². The van der Waals surface area contributed by atoms with Gasteiger partial charge in [0.1, 0.15) is 5.75 Å². The highest BCUT2D eigenvalue weighted by molar-refractivity contribution is 5.40. The molecule has 2 heteroatoms. The van der Waals surface area contributed by atoms with Crippen molar-refractivity contribution in [2.24, 2.45) is 5.92 Å². The molecule has 1 aromatic rings. The van der Waals surface area contributed by atoms with Crippen molar-refractivity contribution in [2.75, 3.05) is 13.2 Å². The largest absolute Gasteiger partial charge is 0.493 e. The Morgan fingerprint density at radius 3 is 2.95 bits per heavy atom. The molecule has 110 valence electrons. The van der Waals surface area contributed by atoms with Gasteiger partial charge in [0.05, 0.1) is 6.61 Å². The Labute approximate surface area is 122 Å². The summed E-state index contributed by atoms with van der Waals surface area (Å²) < 4.78 is 5.57. The summed E-state index contributed by atoms with van der Waals surface area (Å²) in [6, 6.07) is 7.12. The molecule has 1 aliphatic heterocycles. The number of ether oxygens (including phenoxy) is 1. The van der Waals surface area contributed by atoms with Gasteiger partial charge in [-0.3, -0.25) is 0 Å². The standard InChI is InChI=1S/C18H27NO/c1-14(19-11-9-15-5-3-2-4-6-15)16-7-8-18-17(13-16)10-12-20-18/h7-8,13-15,19H,2-6,9-12H2,1H3. The van der Waals surface area contributed by atoms with Crippen LogP contribution in [-0.4, -0.2) is 13.2 Å². The van der Waals surface area contributed by atoms with Gasteiger partial charge in [-0.05, 0) is 43.0 Å². The highest BCUT2D eigenvalue weighted by Crippen LogP contribution is 2.29. The second-order valence-corrected chi connectivity index (χ2v) is 6.43. The lowest BCUT2D eigenvalue weighted by Crippen LogP contribution is -2.22. The summed E-state index contributed by atoms with van der Waals surface area (Å²) >= 11 is 0. The summed E-state index contributed by atoms with van der Waals surface area (Å²) in [6.07, 6.45) is 9.67. The average molecular weight is 273 g/mol. The molecule has 0 saturated heterocycles. The van der Waals surface area contributed by atoms with Crippen LogP contribution in [0, 0.1) is 5.92 Å². The lowest BCUT2D eigenvalue weighted by Gasteiger charge is -2.23. The molecule has 2 nitrogen and oxygen atoms in total. The minimum absolute atomic E-state index is 0.449. The molecule has 1 saturated carbocycles. The molecule has 1 atom stereocenters. The highest BCUT2D eigenvalue weighted by atomic mass is 16.5. The predicted octanol–water partition coefficient (Wildman–Crippen LogP) is 4.24. The van der Waals surface area contributed by atoms with Crippen LogP contribution in [-0.2, 0) is 6.42 Å². The molecule has 0 spiro atoms. The van der Waals surface area contributed by atoms with E-state index < -0.39 is 0 Å². The average Bonchev–Trinajstić information content (AvgIpc) is 2.95. The molecule has 3 rings (SSSR count). The Hall–Kier alpha value is -1.02. The van der Waals surface area contributed by atoms with E-state index in [2.05, 4.69) is 30.4 Å². The van der Waals surface area contributed by atoms with E-state index in [1.807, 2.05) is 0 Å². The van der Waals surface area contributed by atoms with E-state index in [0.717, 1.165) is 31.2 Å². The maximum Gasteiger partial charge on any atom is 0.122 e. The van der Waals surface area contributed by atoms with Gasteiger partial charge in [0, 0.05) is 12.5 Å². The molecule has 2 aliphatic rings. The van der Waals surface area contributed by atoms with Crippen molar-refractivity contribution >= 4 is 0 Å². The first kappa shape index (κ1) is 13.9. The monoisotopic (exact) mass is 273 g/mol. The fourth-order valence-corrected chi connectivity index (χ4v) is 3.57. The first-order chi connectivity index (χ1) is 9.83. The fourth-order valence-electron chi connectivity index (χ4n) is 3.57. The van der Waals surface area contributed by atoms with E-state index >= 15 is 0 Å². The number of hydrogen-bond acceptors (Lipinski definition) is 2. The zero-order valence-electron chi connectivity index (χ0n) is 12.7. The summed E-state index contributed by atoms with van der Waals surface area (Å²) in [5, 5.41) is 3.70. The summed E-state index contributed by atoms with van der Waals surface area (Å²) in [6.45, 7) is 4.28. The third kappa shape index (κ3) is 3.35. The summed E-state index contributed by atoms with van der Waals surface area (Å²) in [7, 11) is 0. The Bertz CT molecular complexity index is 437. The fraction of sp³-hybridized carbons (Fsp3) is 0.667. The smallest absolute Gasteiger partial charge is 0.122 e. The van der Waals surface area contributed by atoms with Gasteiger partial charge in [-0.15, -0.1) is 0 Å². The lowest BCUT2D eigenvalue weighted by molar-refractivity contribution is 0.329. The zero-order valence-corrected chi connectivity index (χ0v) is 12.7. The van der Waals surface area contributed by atoms with E-state index in [-0.39, 0.29) is 0 Å². The number of rotatable bonds is 5. The van der Waals surface area contributed by atoms with Crippen molar-refractivity contribution in [3.8, 4) is 5.75 Å². The van der Waals surface area contributed by atoms with Crippen molar-refractivity contribution in [3.63, 3.8) is 0 Å². The topological polar surface area (TPSA) is 21.3 Å². The number of nitrogens with one attached hydrogen (secondary N) is 1. The molecule has 0 bridgehead atoms. The van der Waals surface area contributed by atoms with Gasteiger partial charge < -0.3 is 10.1 Å². The summed E-state index contributed by atoms with van der Waals surface area (Å²) in [5.41, 5.74) is 2.78. The molecule has 1 aliphatic carbocycles. The number of fused-ring (bicyclic) bond motifs is 1. The second kappa shape index (κ2) is 6.62. The van der Waals surface area contributed by atoms with Crippen LogP contribution in [0.25, 0.3) is 0 Å². The van der Waals surface area contributed by atoms with Crippen LogP contribution in [0.5, 0.6) is 5.75 Å². The summed E-state index contributed by atoms with van der Waals surface area (Å²) in [4.78, 5) is 0. The van der Waals surface area contributed by atoms with E-state index in [4.69, 9.17) is 4.74 Å². The quantitative estimate of drug-likeness (QED) is 0.866. The highest BCUT2D eigenvalue weighted by Gasteiger charge is 2.16. The normalized spacial score (nSPS) is 20.4. The Kier molecular flexibility index (Phi) is 4.62. The van der Waals surface area contributed by atoms with Gasteiger partial charge in [0.25, 0.3) is 0 Å². The van der Waals surface area contributed by atoms with Crippen LogP contribution in [0.15, 0.2) is 18.2 Å². The van der Waals surface area contributed by atoms with Crippen LogP contribution in [0.3, 0.4) is 0 Å². The second-order valence-electron chi connectivity index (χ2n) is 6.43. The number of hydrogen-bond donors (Lipinski definition) is 1. The van der Waals surface area contributed by atoms with Gasteiger partial charge >= 0.3 is 0 Å². The molecular formula is C18H27NO. The molecule has 1 heterocycles. The molecule has 1 N–H and O–H groups in total. The molecule has 0 amide bonds. The molecule has 0 radical (unpaired) electrons. The van der Waals surface area contributed by atoms with Crippen LogP contribution in [0.1, 0.15) is 62.6 Å². The van der Waals surface area contributed by atoms with Crippen molar-refractivity contribution in [2.45, 2.75) is 57.9 Å². The lowest BCUT2D eigenvalue weighted by atomic mass is 9.87. The Balaban J connectivity index is 1.47. The third-order valence-corrected chi connectivity index (χ3v) is 4.94. The van der Waals surface area contributed by atoms with E-state index in [1.165, 1.54) is 49.7 Å². The van der Waals surface area contributed by atoms with Crippen LogP contribution < -0.4 is 10.1 Å². The molecule has 0 aromatic heterocycles. The zero-order chi connectivity index (χ0) is 13.8. The summed E-state index contributed by atoms with van der Waals surface area (Å²) in [5.74, 6) is 2.06. The van der Waals surface area contributed by atoms with E-state index in [9.17, 15) is 0 Å².